The molecular formula is C16H18ClNS. The van der Waals surface area contributed by atoms with E-state index in [0.717, 1.165) is 24.3 Å². The van der Waals surface area contributed by atoms with Gasteiger partial charge in [-0.1, -0.05) is 23.7 Å². The zero-order valence-electron chi connectivity index (χ0n) is 11.0. The highest BCUT2D eigenvalue weighted by Crippen LogP contribution is 2.25. The predicted octanol–water partition coefficient (Wildman–Crippen LogP) is 4.09. The van der Waals surface area contributed by atoms with E-state index < -0.39 is 0 Å². The van der Waals surface area contributed by atoms with Crippen molar-refractivity contribution >= 4 is 22.9 Å². The van der Waals surface area contributed by atoms with Crippen LogP contribution in [0, 0.1) is 0 Å². The first-order valence-corrected chi connectivity index (χ1v) is 8.02. The summed E-state index contributed by atoms with van der Waals surface area (Å²) in [7, 11) is 0. The van der Waals surface area contributed by atoms with Gasteiger partial charge in [-0.2, -0.15) is 0 Å². The molecule has 2 aromatic rings. The van der Waals surface area contributed by atoms with Crippen LogP contribution >= 0.6 is 22.9 Å². The smallest absolute Gasteiger partial charge is 0.0408 e. The Labute approximate surface area is 123 Å². The molecule has 0 fully saturated rings. The van der Waals surface area contributed by atoms with Gasteiger partial charge in [-0.15, -0.1) is 11.3 Å². The van der Waals surface area contributed by atoms with Crippen LogP contribution in [-0.4, -0.2) is 12.1 Å². The van der Waals surface area contributed by atoms with Crippen molar-refractivity contribution in [1.29, 1.82) is 0 Å². The summed E-state index contributed by atoms with van der Waals surface area (Å²) < 4.78 is 0. The van der Waals surface area contributed by atoms with Crippen LogP contribution in [0.5, 0.6) is 0 Å². The van der Waals surface area contributed by atoms with E-state index in [1.807, 2.05) is 17.4 Å². The van der Waals surface area contributed by atoms with Crippen LogP contribution in [0.3, 0.4) is 0 Å². The minimum absolute atomic E-state index is 0.522. The van der Waals surface area contributed by atoms with E-state index >= 15 is 0 Å². The van der Waals surface area contributed by atoms with Crippen LogP contribution in [0.25, 0.3) is 0 Å². The maximum Gasteiger partial charge on any atom is 0.0408 e. The van der Waals surface area contributed by atoms with E-state index in [1.54, 1.807) is 0 Å². The molecule has 100 valence electrons. The summed E-state index contributed by atoms with van der Waals surface area (Å²) in [6, 6.07) is 11.7. The van der Waals surface area contributed by atoms with Crippen molar-refractivity contribution in [2.45, 2.75) is 38.3 Å². The van der Waals surface area contributed by atoms with Gasteiger partial charge in [-0.3, -0.25) is 0 Å². The SMILES string of the molecule is CC(Cc1cccs1)NC1Cc2ccc(Cl)cc2C1. The topological polar surface area (TPSA) is 12.0 Å². The van der Waals surface area contributed by atoms with E-state index in [4.69, 9.17) is 11.6 Å². The molecule has 3 heteroatoms. The van der Waals surface area contributed by atoms with Gasteiger partial charge in [0.15, 0.2) is 0 Å². The highest BCUT2D eigenvalue weighted by molar-refractivity contribution is 7.09. The van der Waals surface area contributed by atoms with Crippen molar-refractivity contribution in [3.8, 4) is 0 Å². The second kappa shape index (κ2) is 5.66. The molecule has 1 N–H and O–H groups in total. The average Bonchev–Trinajstić information content (AvgIpc) is 2.97. The summed E-state index contributed by atoms with van der Waals surface area (Å²) >= 11 is 7.89. The zero-order chi connectivity index (χ0) is 13.2. The molecule has 19 heavy (non-hydrogen) atoms. The van der Waals surface area contributed by atoms with Crippen LogP contribution < -0.4 is 5.32 Å². The Bertz CT molecular complexity index is 550. The zero-order valence-corrected chi connectivity index (χ0v) is 12.6. The Kier molecular flexibility index (Phi) is 3.92. The number of fused-ring (bicyclic) bond motifs is 1. The van der Waals surface area contributed by atoms with Gasteiger partial charge in [0.2, 0.25) is 0 Å². The number of hydrogen-bond donors (Lipinski definition) is 1. The van der Waals surface area contributed by atoms with Crippen LogP contribution in [0.4, 0.5) is 0 Å². The number of hydrogen-bond acceptors (Lipinski definition) is 2. The molecule has 0 spiro atoms. The molecule has 0 bridgehead atoms. The Hall–Kier alpha value is -0.830. The maximum atomic E-state index is 6.05. The molecule has 2 unspecified atom stereocenters. The van der Waals surface area contributed by atoms with Crippen molar-refractivity contribution in [3.63, 3.8) is 0 Å². The molecule has 0 amide bonds. The van der Waals surface area contributed by atoms with Crippen molar-refractivity contribution in [2.24, 2.45) is 0 Å². The first-order chi connectivity index (χ1) is 9.20. The summed E-state index contributed by atoms with van der Waals surface area (Å²) in [5.41, 5.74) is 2.86. The third-order valence-electron chi connectivity index (χ3n) is 3.71. The number of nitrogens with one attached hydrogen (secondary N) is 1. The second-order valence-electron chi connectivity index (χ2n) is 5.37. The monoisotopic (exact) mass is 291 g/mol. The van der Waals surface area contributed by atoms with E-state index in [-0.39, 0.29) is 0 Å². The first kappa shape index (κ1) is 13.2. The summed E-state index contributed by atoms with van der Waals surface area (Å²) in [6.07, 6.45) is 3.34. The van der Waals surface area contributed by atoms with Crippen LogP contribution in [0.1, 0.15) is 22.9 Å². The van der Waals surface area contributed by atoms with E-state index in [9.17, 15) is 0 Å². The average molecular weight is 292 g/mol. The Morgan fingerprint density at radius 3 is 2.95 bits per heavy atom. The maximum absolute atomic E-state index is 6.05. The predicted molar refractivity (Wildman–Crippen MR) is 83.3 cm³/mol. The fraction of sp³-hybridized carbons (Fsp3) is 0.375. The van der Waals surface area contributed by atoms with Gasteiger partial charge in [0.25, 0.3) is 0 Å². The number of benzene rings is 1. The minimum atomic E-state index is 0.522. The molecule has 1 heterocycles. The minimum Gasteiger partial charge on any atom is -0.310 e. The Morgan fingerprint density at radius 1 is 1.32 bits per heavy atom. The molecule has 2 atom stereocenters. The molecule has 1 nitrogen and oxygen atoms in total. The summed E-state index contributed by atoms with van der Waals surface area (Å²) in [5, 5.41) is 6.75. The normalized spacial score (nSPS) is 19.4. The fourth-order valence-electron chi connectivity index (χ4n) is 2.90. The quantitative estimate of drug-likeness (QED) is 0.895. The molecule has 3 rings (SSSR count). The van der Waals surface area contributed by atoms with Crippen molar-refractivity contribution in [2.75, 3.05) is 0 Å². The van der Waals surface area contributed by atoms with Crippen molar-refractivity contribution in [3.05, 3.63) is 56.7 Å². The van der Waals surface area contributed by atoms with Crippen molar-refractivity contribution < 1.29 is 0 Å². The van der Waals surface area contributed by atoms with Gasteiger partial charge in [0.1, 0.15) is 0 Å². The Balaban J connectivity index is 1.58. The molecule has 0 saturated carbocycles. The Morgan fingerprint density at radius 2 is 2.16 bits per heavy atom. The van der Waals surface area contributed by atoms with Gasteiger partial charge in [-0.05, 0) is 60.9 Å². The lowest BCUT2D eigenvalue weighted by molar-refractivity contribution is 0.455. The van der Waals surface area contributed by atoms with Gasteiger partial charge < -0.3 is 5.32 Å². The number of rotatable bonds is 4. The third kappa shape index (κ3) is 3.19. The molecule has 1 aliphatic carbocycles. The lowest BCUT2D eigenvalue weighted by Gasteiger charge is -2.18. The van der Waals surface area contributed by atoms with Gasteiger partial charge in [-0.25, -0.2) is 0 Å². The molecule has 0 radical (unpaired) electrons. The lowest BCUT2D eigenvalue weighted by atomic mass is 10.1. The van der Waals surface area contributed by atoms with Crippen molar-refractivity contribution in [1.82, 2.24) is 5.32 Å². The molecule has 1 aliphatic rings. The summed E-state index contributed by atoms with van der Waals surface area (Å²) in [6.45, 7) is 2.27. The second-order valence-corrected chi connectivity index (χ2v) is 6.84. The van der Waals surface area contributed by atoms with Crippen LogP contribution in [0.2, 0.25) is 5.02 Å². The lowest BCUT2D eigenvalue weighted by Crippen LogP contribution is -2.38. The van der Waals surface area contributed by atoms with Gasteiger partial charge in [0, 0.05) is 22.0 Å². The largest absolute Gasteiger partial charge is 0.310 e. The summed E-state index contributed by atoms with van der Waals surface area (Å²) in [5.74, 6) is 0. The van der Waals surface area contributed by atoms with Crippen LogP contribution in [-0.2, 0) is 19.3 Å². The highest BCUT2D eigenvalue weighted by atomic mass is 35.5. The first-order valence-electron chi connectivity index (χ1n) is 6.76. The number of halogens is 1. The molecule has 0 aliphatic heterocycles. The van der Waals surface area contributed by atoms with E-state index in [0.29, 0.717) is 12.1 Å². The third-order valence-corrected chi connectivity index (χ3v) is 4.84. The van der Waals surface area contributed by atoms with E-state index in [2.05, 4.69) is 41.9 Å². The van der Waals surface area contributed by atoms with Gasteiger partial charge >= 0.3 is 0 Å². The standard InChI is InChI=1S/C16H18ClNS/c1-11(7-16-3-2-6-19-16)18-15-9-12-4-5-14(17)8-13(12)10-15/h2-6,8,11,15,18H,7,9-10H2,1H3. The number of thiophene rings is 1. The molecule has 1 aromatic heterocycles. The van der Waals surface area contributed by atoms with Gasteiger partial charge in [0.05, 0.1) is 0 Å². The van der Waals surface area contributed by atoms with Crippen LogP contribution in [0.15, 0.2) is 35.7 Å². The summed E-state index contributed by atoms with van der Waals surface area (Å²) in [4.78, 5) is 1.46. The fourth-order valence-corrected chi connectivity index (χ4v) is 3.93. The highest BCUT2D eigenvalue weighted by Gasteiger charge is 2.22. The molecule has 0 saturated heterocycles. The molecular weight excluding hydrogens is 274 g/mol. The van der Waals surface area contributed by atoms with E-state index in [1.165, 1.54) is 16.0 Å². The molecule has 1 aromatic carbocycles.